The molecule has 0 saturated heterocycles. The predicted molar refractivity (Wildman–Crippen MR) is 104 cm³/mol. The van der Waals surface area contributed by atoms with Crippen molar-refractivity contribution in [2.45, 2.75) is 13.2 Å². The number of halogens is 1. The fourth-order valence-corrected chi connectivity index (χ4v) is 2.86. The number of fused-ring (bicyclic) bond motifs is 1. The maximum absolute atomic E-state index is 13.7. The quantitative estimate of drug-likeness (QED) is 0.555. The summed E-state index contributed by atoms with van der Waals surface area (Å²) in [5.74, 6) is 0.150. The molecule has 4 aromatic rings. The highest BCUT2D eigenvalue weighted by Gasteiger charge is 2.08. The van der Waals surface area contributed by atoms with Crippen LogP contribution in [-0.4, -0.2) is 15.3 Å². The van der Waals surface area contributed by atoms with Gasteiger partial charge in [-0.15, -0.1) is 0 Å². The van der Waals surface area contributed by atoms with E-state index in [-0.39, 0.29) is 18.3 Å². The van der Waals surface area contributed by atoms with Crippen molar-refractivity contribution in [1.29, 1.82) is 0 Å². The predicted octanol–water partition coefficient (Wildman–Crippen LogP) is 3.98. The molecular formula is C22H18FN3O2. The number of nitrogens with zero attached hydrogens (tertiary/aromatic N) is 2. The Labute approximate surface area is 161 Å². The van der Waals surface area contributed by atoms with Crippen molar-refractivity contribution in [3.63, 3.8) is 0 Å². The van der Waals surface area contributed by atoms with Crippen LogP contribution >= 0.6 is 0 Å². The smallest absolute Gasteiger partial charge is 0.251 e. The van der Waals surface area contributed by atoms with E-state index in [2.05, 4.69) is 10.3 Å². The van der Waals surface area contributed by atoms with E-state index in [1.807, 2.05) is 28.8 Å². The van der Waals surface area contributed by atoms with Gasteiger partial charge in [0.1, 0.15) is 23.8 Å². The summed E-state index contributed by atoms with van der Waals surface area (Å²) in [6.45, 7) is 0.502. The first-order valence-electron chi connectivity index (χ1n) is 8.85. The Balaban J connectivity index is 1.37. The van der Waals surface area contributed by atoms with Gasteiger partial charge < -0.3 is 14.5 Å². The zero-order chi connectivity index (χ0) is 19.3. The summed E-state index contributed by atoms with van der Waals surface area (Å²) in [6.07, 6.45) is 5.31. The number of carbonyl (C=O) groups excluding carboxylic acids is 1. The van der Waals surface area contributed by atoms with Gasteiger partial charge in [0.25, 0.3) is 5.91 Å². The minimum Gasteiger partial charge on any atom is -0.489 e. The Morgan fingerprint density at radius 2 is 1.96 bits per heavy atom. The normalized spacial score (nSPS) is 10.8. The molecule has 0 bridgehead atoms. The summed E-state index contributed by atoms with van der Waals surface area (Å²) in [4.78, 5) is 16.6. The first kappa shape index (κ1) is 17.7. The number of amides is 1. The van der Waals surface area contributed by atoms with Crippen LogP contribution in [0.1, 0.15) is 21.5 Å². The summed E-state index contributed by atoms with van der Waals surface area (Å²) >= 11 is 0. The summed E-state index contributed by atoms with van der Waals surface area (Å²) in [5, 5.41) is 2.89. The SMILES string of the molecule is O=C(NCc1cccc(OCc2ccccc2F)c1)c1ccn2ccnc2c1. The third-order valence-corrected chi connectivity index (χ3v) is 4.36. The van der Waals surface area contributed by atoms with Gasteiger partial charge in [0, 0.05) is 36.3 Å². The van der Waals surface area contributed by atoms with Crippen LogP contribution < -0.4 is 10.1 Å². The molecule has 0 atom stereocenters. The van der Waals surface area contributed by atoms with Crippen LogP contribution in [0.5, 0.6) is 5.75 Å². The molecule has 140 valence electrons. The van der Waals surface area contributed by atoms with E-state index in [1.165, 1.54) is 6.07 Å². The number of nitrogens with one attached hydrogen (secondary N) is 1. The van der Waals surface area contributed by atoms with Crippen molar-refractivity contribution in [3.8, 4) is 5.75 Å². The molecule has 1 amide bonds. The van der Waals surface area contributed by atoms with Crippen LogP contribution in [0.4, 0.5) is 4.39 Å². The lowest BCUT2D eigenvalue weighted by Gasteiger charge is -2.10. The molecule has 0 saturated carbocycles. The molecule has 4 rings (SSSR count). The molecule has 0 radical (unpaired) electrons. The summed E-state index contributed by atoms with van der Waals surface area (Å²) in [6, 6.07) is 17.4. The maximum Gasteiger partial charge on any atom is 0.251 e. The molecule has 0 aliphatic rings. The van der Waals surface area contributed by atoms with Crippen molar-refractivity contribution < 1.29 is 13.9 Å². The monoisotopic (exact) mass is 375 g/mol. The van der Waals surface area contributed by atoms with Crippen molar-refractivity contribution in [2.24, 2.45) is 0 Å². The van der Waals surface area contributed by atoms with E-state index in [1.54, 1.807) is 48.8 Å². The van der Waals surface area contributed by atoms with Gasteiger partial charge in [-0.25, -0.2) is 9.37 Å². The van der Waals surface area contributed by atoms with Crippen molar-refractivity contribution >= 4 is 11.6 Å². The van der Waals surface area contributed by atoms with E-state index < -0.39 is 0 Å². The van der Waals surface area contributed by atoms with Gasteiger partial charge in [-0.1, -0.05) is 30.3 Å². The number of aromatic nitrogens is 2. The molecule has 2 heterocycles. The molecule has 2 aromatic carbocycles. The second-order valence-corrected chi connectivity index (χ2v) is 6.32. The van der Waals surface area contributed by atoms with Crippen LogP contribution in [-0.2, 0) is 13.2 Å². The Kier molecular flexibility index (Phi) is 5.01. The molecule has 0 unspecified atom stereocenters. The van der Waals surface area contributed by atoms with E-state index in [0.29, 0.717) is 23.4 Å². The van der Waals surface area contributed by atoms with Crippen molar-refractivity contribution in [3.05, 3.63) is 102 Å². The number of pyridine rings is 1. The highest BCUT2D eigenvalue weighted by molar-refractivity contribution is 5.94. The second-order valence-electron chi connectivity index (χ2n) is 6.32. The van der Waals surface area contributed by atoms with Gasteiger partial charge in [0.2, 0.25) is 0 Å². The topological polar surface area (TPSA) is 55.6 Å². The van der Waals surface area contributed by atoms with E-state index >= 15 is 0 Å². The lowest BCUT2D eigenvalue weighted by molar-refractivity contribution is 0.0951. The largest absolute Gasteiger partial charge is 0.489 e. The van der Waals surface area contributed by atoms with Crippen LogP contribution in [0, 0.1) is 5.82 Å². The minimum atomic E-state index is -0.291. The van der Waals surface area contributed by atoms with Gasteiger partial charge in [0.15, 0.2) is 0 Å². The van der Waals surface area contributed by atoms with E-state index in [9.17, 15) is 9.18 Å². The molecule has 0 fully saturated rings. The number of hydrogen-bond donors (Lipinski definition) is 1. The van der Waals surface area contributed by atoms with E-state index in [4.69, 9.17) is 4.74 Å². The highest BCUT2D eigenvalue weighted by Crippen LogP contribution is 2.16. The van der Waals surface area contributed by atoms with Gasteiger partial charge in [-0.2, -0.15) is 0 Å². The standard InChI is InChI=1S/C22H18FN3O2/c23-20-7-2-1-5-18(20)15-28-19-6-3-4-16(12-19)14-25-22(27)17-8-10-26-11-9-24-21(26)13-17/h1-13H,14-15H2,(H,25,27). The first-order valence-corrected chi connectivity index (χ1v) is 8.85. The number of imidazole rings is 1. The average molecular weight is 375 g/mol. The second kappa shape index (κ2) is 7.92. The molecule has 0 aliphatic carbocycles. The Bertz CT molecular complexity index is 1120. The van der Waals surface area contributed by atoms with Crippen LogP contribution in [0.15, 0.2) is 79.3 Å². The maximum atomic E-state index is 13.7. The first-order chi connectivity index (χ1) is 13.7. The Hall–Kier alpha value is -3.67. The number of rotatable bonds is 6. The fourth-order valence-electron chi connectivity index (χ4n) is 2.86. The number of hydrogen-bond acceptors (Lipinski definition) is 3. The number of benzene rings is 2. The van der Waals surface area contributed by atoms with Crippen molar-refractivity contribution in [2.75, 3.05) is 0 Å². The van der Waals surface area contributed by atoms with Crippen LogP contribution in [0.3, 0.4) is 0 Å². The molecule has 1 N–H and O–H groups in total. The number of ether oxygens (including phenoxy) is 1. The van der Waals surface area contributed by atoms with Crippen LogP contribution in [0.25, 0.3) is 5.65 Å². The Morgan fingerprint density at radius 1 is 1.07 bits per heavy atom. The lowest BCUT2D eigenvalue weighted by atomic mass is 10.2. The Morgan fingerprint density at radius 3 is 2.86 bits per heavy atom. The molecule has 6 heteroatoms. The molecule has 0 aliphatic heterocycles. The average Bonchev–Trinajstić information content (AvgIpc) is 3.19. The molecule has 28 heavy (non-hydrogen) atoms. The number of carbonyl (C=O) groups is 1. The van der Waals surface area contributed by atoms with Gasteiger partial charge >= 0.3 is 0 Å². The zero-order valence-electron chi connectivity index (χ0n) is 15.0. The van der Waals surface area contributed by atoms with Gasteiger partial charge in [-0.3, -0.25) is 4.79 Å². The lowest BCUT2D eigenvalue weighted by Crippen LogP contribution is -2.22. The molecule has 0 spiro atoms. The molecular weight excluding hydrogens is 357 g/mol. The third-order valence-electron chi connectivity index (χ3n) is 4.36. The van der Waals surface area contributed by atoms with Gasteiger partial charge in [0.05, 0.1) is 0 Å². The van der Waals surface area contributed by atoms with Crippen molar-refractivity contribution in [1.82, 2.24) is 14.7 Å². The summed E-state index contributed by atoms with van der Waals surface area (Å²) < 4.78 is 21.2. The van der Waals surface area contributed by atoms with E-state index in [0.717, 1.165) is 11.2 Å². The fraction of sp³-hybridized carbons (Fsp3) is 0.0909. The zero-order valence-corrected chi connectivity index (χ0v) is 15.0. The van der Waals surface area contributed by atoms with Crippen LogP contribution in [0.2, 0.25) is 0 Å². The molecule has 2 aromatic heterocycles. The summed E-state index contributed by atoms with van der Waals surface area (Å²) in [5.41, 5.74) is 2.65. The summed E-state index contributed by atoms with van der Waals surface area (Å²) in [7, 11) is 0. The molecule has 5 nitrogen and oxygen atoms in total. The minimum absolute atomic E-state index is 0.146. The highest BCUT2D eigenvalue weighted by atomic mass is 19.1. The third kappa shape index (κ3) is 4.01. The van der Waals surface area contributed by atoms with Gasteiger partial charge in [-0.05, 0) is 35.9 Å².